The van der Waals surface area contributed by atoms with Gasteiger partial charge in [0.05, 0.1) is 25.4 Å². The summed E-state index contributed by atoms with van der Waals surface area (Å²) in [6.45, 7) is 4.10. The second kappa shape index (κ2) is 7.89. The zero-order valence-electron chi connectivity index (χ0n) is 13.3. The average molecular weight is 313 g/mol. The molecule has 0 aromatic rings. The lowest BCUT2D eigenvalue weighted by Gasteiger charge is -2.39. The first-order valence-corrected chi connectivity index (χ1v) is 8.03. The van der Waals surface area contributed by atoms with Crippen LogP contribution in [0.25, 0.3) is 0 Å². The average Bonchev–Trinajstić information content (AvgIpc) is 2.53. The molecule has 2 N–H and O–H groups in total. The van der Waals surface area contributed by atoms with Crippen LogP contribution in [0, 0.1) is 0 Å². The predicted octanol–water partition coefficient (Wildman–Crippen LogP) is -0.802. The van der Waals surface area contributed by atoms with Gasteiger partial charge in [-0.3, -0.25) is 14.5 Å². The van der Waals surface area contributed by atoms with E-state index in [4.69, 9.17) is 4.74 Å². The molecule has 2 fully saturated rings. The van der Waals surface area contributed by atoms with E-state index in [1.165, 1.54) is 0 Å². The van der Waals surface area contributed by atoms with Crippen LogP contribution in [0.2, 0.25) is 0 Å². The number of rotatable bonds is 5. The number of ether oxygens (including phenoxy) is 1. The van der Waals surface area contributed by atoms with Crippen molar-refractivity contribution in [3.05, 3.63) is 0 Å². The van der Waals surface area contributed by atoms with Gasteiger partial charge in [-0.25, -0.2) is 0 Å². The molecule has 2 aliphatic rings. The van der Waals surface area contributed by atoms with Gasteiger partial charge in [0.1, 0.15) is 0 Å². The summed E-state index contributed by atoms with van der Waals surface area (Å²) in [5.74, 6) is 0.0359. The van der Waals surface area contributed by atoms with E-state index < -0.39 is 5.60 Å². The summed E-state index contributed by atoms with van der Waals surface area (Å²) in [6.07, 6.45) is 2.29. The van der Waals surface area contributed by atoms with Crippen LogP contribution in [0.15, 0.2) is 0 Å². The molecule has 2 amide bonds. The van der Waals surface area contributed by atoms with E-state index in [0.29, 0.717) is 58.7 Å². The largest absolute Gasteiger partial charge is 0.389 e. The number of carbonyl (C=O) groups excluding carboxylic acids is 2. The van der Waals surface area contributed by atoms with Gasteiger partial charge >= 0.3 is 0 Å². The van der Waals surface area contributed by atoms with Crippen molar-refractivity contribution in [1.82, 2.24) is 15.1 Å². The minimum Gasteiger partial charge on any atom is -0.389 e. The number of morpholine rings is 1. The Balaban J connectivity index is 1.81. The Labute approximate surface area is 131 Å². The van der Waals surface area contributed by atoms with Crippen molar-refractivity contribution in [3.63, 3.8) is 0 Å². The van der Waals surface area contributed by atoms with Crippen molar-refractivity contribution in [2.24, 2.45) is 0 Å². The van der Waals surface area contributed by atoms with Crippen LogP contribution in [0.3, 0.4) is 0 Å². The Morgan fingerprint density at radius 3 is 2.68 bits per heavy atom. The third kappa shape index (κ3) is 4.93. The number of amides is 2. The first kappa shape index (κ1) is 17.2. The zero-order chi connectivity index (χ0) is 16.0. The fraction of sp³-hybridized carbons (Fsp3) is 0.867. The van der Waals surface area contributed by atoms with Gasteiger partial charge in [0.25, 0.3) is 0 Å². The quantitative estimate of drug-likeness (QED) is 0.694. The summed E-state index contributed by atoms with van der Waals surface area (Å²) in [4.78, 5) is 27.5. The topological polar surface area (TPSA) is 82.1 Å². The number of hydrogen-bond donors (Lipinski definition) is 2. The summed E-state index contributed by atoms with van der Waals surface area (Å²) in [6, 6.07) is 0. The molecular weight excluding hydrogens is 286 g/mol. The van der Waals surface area contributed by atoms with E-state index in [-0.39, 0.29) is 11.8 Å². The van der Waals surface area contributed by atoms with E-state index in [1.807, 2.05) is 9.80 Å². The van der Waals surface area contributed by atoms with E-state index in [2.05, 4.69) is 5.32 Å². The highest BCUT2D eigenvalue weighted by atomic mass is 16.5. The van der Waals surface area contributed by atoms with Crippen molar-refractivity contribution in [3.8, 4) is 0 Å². The summed E-state index contributed by atoms with van der Waals surface area (Å²) >= 11 is 0. The Morgan fingerprint density at radius 1 is 1.27 bits per heavy atom. The number of nitrogens with one attached hydrogen (secondary N) is 1. The minimum atomic E-state index is -0.865. The summed E-state index contributed by atoms with van der Waals surface area (Å²) in [7, 11) is 1.60. The van der Waals surface area contributed by atoms with Gasteiger partial charge in [-0.2, -0.15) is 0 Å². The van der Waals surface area contributed by atoms with E-state index >= 15 is 0 Å². The molecule has 22 heavy (non-hydrogen) atoms. The molecule has 2 rings (SSSR count). The number of β-amino-alcohol motifs (C(OH)–C–C–N with tert-alkyl or cyclic N) is 1. The van der Waals surface area contributed by atoms with E-state index in [9.17, 15) is 14.7 Å². The van der Waals surface area contributed by atoms with Crippen LogP contribution in [-0.2, 0) is 14.3 Å². The lowest BCUT2D eigenvalue weighted by molar-refractivity contribution is -0.138. The van der Waals surface area contributed by atoms with Crippen LogP contribution in [0.1, 0.15) is 25.7 Å². The second-order valence-corrected chi connectivity index (χ2v) is 6.20. The highest BCUT2D eigenvalue weighted by molar-refractivity contribution is 5.78. The molecule has 2 heterocycles. The Bertz CT molecular complexity index is 398. The Kier molecular flexibility index (Phi) is 6.16. The van der Waals surface area contributed by atoms with Crippen LogP contribution >= 0.6 is 0 Å². The molecule has 126 valence electrons. The Morgan fingerprint density at radius 2 is 2.00 bits per heavy atom. The number of hydrogen-bond acceptors (Lipinski definition) is 5. The van der Waals surface area contributed by atoms with E-state index in [0.717, 1.165) is 13.0 Å². The molecule has 7 heteroatoms. The van der Waals surface area contributed by atoms with Crippen LogP contribution in [0.4, 0.5) is 0 Å². The maximum absolute atomic E-state index is 12.3. The highest BCUT2D eigenvalue weighted by Crippen LogP contribution is 2.25. The second-order valence-electron chi connectivity index (χ2n) is 6.20. The van der Waals surface area contributed by atoms with Gasteiger partial charge in [0.15, 0.2) is 0 Å². The summed E-state index contributed by atoms with van der Waals surface area (Å²) < 4.78 is 5.25. The van der Waals surface area contributed by atoms with Crippen molar-refractivity contribution in [1.29, 1.82) is 0 Å². The van der Waals surface area contributed by atoms with Gasteiger partial charge in [-0.15, -0.1) is 0 Å². The number of carbonyl (C=O) groups is 2. The van der Waals surface area contributed by atoms with Crippen LogP contribution < -0.4 is 5.32 Å². The van der Waals surface area contributed by atoms with Crippen LogP contribution in [0.5, 0.6) is 0 Å². The smallest absolute Gasteiger partial charge is 0.236 e. The molecule has 0 aliphatic carbocycles. The maximum Gasteiger partial charge on any atom is 0.236 e. The lowest BCUT2D eigenvalue weighted by atomic mass is 9.88. The summed E-state index contributed by atoms with van der Waals surface area (Å²) in [5, 5.41) is 13.2. The first-order valence-electron chi connectivity index (χ1n) is 8.03. The molecule has 2 aliphatic heterocycles. The standard InChI is InChI=1S/C15H27N3O4/c1-16-13(19)3-5-15(21)4-2-6-17(12-15)11-14(20)18-7-9-22-10-8-18/h21H,2-12H2,1H3,(H,16,19). The van der Waals surface area contributed by atoms with Gasteiger partial charge < -0.3 is 20.1 Å². The molecule has 0 saturated carbocycles. The van der Waals surface area contributed by atoms with Gasteiger partial charge in [-0.1, -0.05) is 0 Å². The molecule has 1 atom stereocenters. The fourth-order valence-electron chi connectivity index (χ4n) is 3.12. The number of likely N-dealkylation sites (tertiary alicyclic amines) is 1. The monoisotopic (exact) mass is 313 g/mol. The fourth-order valence-corrected chi connectivity index (χ4v) is 3.12. The molecule has 0 aromatic heterocycles. The highest BCUT2D eigenvalue weighted by Gasteiger charge is 2.34. The maximum atomic E-state index is 12.3. The molecule has 0 radical (unpaired) electrons. The normalized spacial score (nSPS) is 26.7. The number of nitrogens with zero attached hydrogens (tertiary/aromatic N) is 2. The van der Waals surface area contributed by atoms with Crippen molar-refractivity contribution >= 4 is 11.8 Å². The lowest BCUT2D eigenvalue weighted by Crippen LogP contribution is -2.52. The van der Waals surface area contributed by atoms with Crippen molar-refractivity contribution in [2.75, 3.05) is 53.0 Å². The molecule has 0 bridgehead atoms. The Hall–Kier alpha value is -1.18. The third-order valence-electron chi connectivity index (χ3n) is 4.45. The molecule has 0 spiro atoms. The first-order chi connectivity index (χ1) is 10.5. The van der Waals surface area contributed by atoms with Gasteiger partial charge in [0, 0.05) is 33.1 Å². The van der Waals surface area contributed by atoms with Crippen molar-refractivity contribution in [2.45, 2.75) is 31.3 Å². The molecular formula is C15H27N3O4. The van der Waals surface area contributed by atoms with Gasteiger partial charge in [-0.05, 0) is 25.8 Å². The zero-order valence-corrected chi connectivity index (χ0v) is 13.3. The van der Waals surface area contributed by atoms with Gasteiger partial charge in [0.2, 0.25) is 11.8 Å². The third-order valence-corrected chi connectivity index (χ3v) is 4.45. The molecule has 7 nitrogen and oxygen atoms in total. The molecule has 1 unspecified atom stereocenters. The van der Waals surface area contributed by atoms with Crippen LogP contribution in [-0.4, -0.2) is 85.3 Å². The number of aliphatic hydroxyl groups is 1. The SMILES string of the molecule is CNC(=O)CCC1(O)CCCN(CC(=O)N2CCOCC2)C1. The summed E-state index contributed by atoms with van der Waals surface area (Å²) in [5.41, 5.74) is -0.865. The number of piperidine rings is 1. The van der Waals surface area contributed by atoms with E-state index in [1.54, 1.807) is 7.05 Å². The predicted molar refractivity (Wildman–Crippen MR) is 81.3 cm³/mol. The van der Waals surface area contributed by atoms with Crippen molar-refractivity contribution < 1.29 is 19.4 Å². The molecule has 0 aromatic carbocycles. The minimum absolute atomic E-state index is 0.0602. The molecule has 2 saturated heterocycles.